The summed E-state index contributed by atoms with van der Waals surface area (Å²) < 4.78 is 0. The van der Waals surface area contributed by atoms with Crippen molar-refractivity contribution in [3.8, 4) is 0 Å². The molecule has 0 radical (unpaired) electrons. The summed E-state index contributed by atoms with van der Waals surface area (Å²) in [6.07, 6.45) is 2.84. The highest BCUT2D eigenvalue weighted by atomic mass is 16.3. The number of likely N-dealkylation sites (N-methyl/N-ethyl adjacent to an activating group) is 1. The van der Waals surface area contributed by atoms with Gasteiger partial charge in [-0.2, -0.15) is 0 Å². The van der Waals surface area contributed by atoms with Crippen molar-refractivity contribution >= 4 is 5.91 Å². The van der Waals surface area contributed by atoms with E-state index in [1.165, 1.54) is 0 Å². The summed E-state index contributed by atoms with van der Waals surface area (Å²) >= 11 is 0. The number of aliphatic hydroxyl groups is 1. The number of hydrogen-bond donors (Lipinski definition) is 2. The first-order chi connectivity index (χ1) is 7.06. The van der Waals surface area contributed by atoms with E-state index in [4.69, 9.17) is 10.8 Å². The van der Waals surface area contributed by atoms with Gasteiger partial charge >= 0.3 is 0 Å². The number of hydrogen-bond acceptors (Lipinski definition) is 3. The number of nitrogens with two attached hydrogens (primary N) is 1. The second-order valence-corrected chi connectivity index (χ2v) is 4.64. The standard InChI is InChI=1S/C11H22N2O2/c1-8-3-4-9(12)7-10(8)11(15)13(2)5-6-14/h8-10,14H,3-7,12H2,1-2H3. The normalized spacial score (nSPS) is 31.3. The Kier molecular flexibility index (Phi) is 4.54. The molecule has 15 heavy (non-hydrogen) atoms. The molecule has 1 aliphatic rings. The molecule has 1 rings (SSSR count). The van der Waals surface area contributed by atoms with Gasteiger partial charge in [-0.05, 0) is 25.2 Å². The van der Waals surface area contributed by atoms with Gasteiger partial charge in [-0.1, -0.05) is 6.92 Å². The van der Waals surface area contributed by atoms with E-state index in [0.29, 0.717) is 12.5 Å². The largest absolute Gasteiger partial charge is 0.395 e. The van der Waals surface area contributed by atoms with Gasteiger partial charge < -0.3 is 15.7 Å². The van der Waals surface area contributed by atoms with Gasteiger partial charge in [0.25, 0.3) is 0 Å². The van der Waals surface area contributed by atoms with Crippen molar-refractivity contribution in [2.45, 2.75) is 32.2 Å². The molecule has 0 aromatic carbocycles. The van der Waals surface area contributed by atoms with Gasteiger partial charge in [0.2, 0.25) is 5.91 Å². The van der Waals surface area contributed by atoms with Crippen molar-refractivity contribution in [1.82, 2.24) is 4.90 Å². The van der Waals surface area contributed by atoms with Gasteiger partial charge in [0, 0.05) is 25.6 Å². The summed E-state index contributed by atoms with van der Waals surface area (Å²) in [5.41, 5.74) is 5.88. The molecule has 0 aromatic heterocycles. The minimum atomic E-state index is 0.0232. The molecule has 1 saturated carbocycles. The second kappa shape index (κ2) is 5.47. The highest BCUT2D eigenvalue weighted by molar-refractivity contribution is 5.79. The predicted molar refractivity (Wildman–Crippen MR) is 59.2 cm³/mol. The van der Waals surface area contributed by atoms with Crippen LogP contribution < -0.4 is 5.73 Å². The van der Waals surface area contributed by atoms with Gasteiger partial charge in [-0.15, -0.1) is 0 Å². The van der Waals surface area contributed by atoms with Crippen LogP contribution in [0.2, 0.25) is 0 Å². The summed E-state index contributed by atoms with van der Waals surface area (Å²) in [5, 5.41) is 8.78. The fraction of sp³-hybridized carbons (Fsp3) is 0.909. The monoisotopic (exact) mass is 214 g/mol. The minimum absolute atomic E-state index is 0.0232. The molecule has 1 amide bonds. The zero-order chi connectivity index (χ0) is 11.4. The van der Waals surface area contributed by atoms with Crippen molar-refractivity contribution in [1.29, 1.82) is 0 Å². The molecule has 3 unspecified atom stereocenters. The second-order valence-electron chi connectivity index (χ2n) is 4.64. The Bertz CT molecular complexity index is 221. The Hall–Kier alpha value is -0.610. The van der Waals surface area contributed by atoms with Crippen LogP contribution >= 0.6 is 0 Å². The molecule has 1 fully saturated rings. The number of rotatable bonds is 3. The third-order valence-electron chi connectivity index (χ3n) is 3.37. The SMILES string of the molecule is CC1CCC(N)CC1C(=O)N(C)CCO. The van der Waals surface area contributed by atoms with Crippen molar-refractivity contribution in [2.24, 2.45) is 17.6 Å². The summed E-state index contributed by atoms with van der Waals surface area (Å²) in [6, 6.07) is 0.165. The number of carbonyl (C=O) groups is 1. The predicted octanol–water partition coefficient (Wildman–Crippen LogP) is 0.201. The van der Waals surface area contributed by atoms with E-state index in [2.05, 4.69) is 6.92 Å². The molecule has 0 aromatic rings. The third kappa shape index (κ3) is 3.18. The van der Waals surface area contributed by atoms with Crippen LogP contribution in [0, 0.1) is 11.8 Å². The fourth-order valence-corrected chi connectivity index (χ4v) is 2.24. The lowest BCUT2D eigenvalue weighted by Gasteiger charge is -2.34. The van der Waals surface area contributed by atoms with E-state index in [0.717, 1.165) is 19.3 Å². The fourth-order valence-electron chi connectivity index (χ4n) is 2.24. The van der Waals surface area contributed by atoms with E-state index in [1.54, 1.807) is 11.9 Å². The molecular formula is C11H22N2O2. The zero-order valence-corrected chi connectivity index (χ0v) is 9.65. The number of amides is 1. The Morgan fingerprint density at radius 3 is 2.80 bits per heavy atom. The highest BCUT2D eigenvalue weighted by Gasteiger charge is 2.32. The van der Waals surface area contributed by atoms with Gasteiger partial charge in [0.1, 0.15) is 0 Å². The van der Waals surface area contributed by atoms with Crippen LogP contribution in [0.5, 0.6) is 0 Å². The number of aliphatic hydroxyl groups excluding tert-OH is 1. The topological polar surface area (TPSA) is 66.6 Å². The Morgan fingerprint density at radius 1 is 1.53 bits per heavy atom. The Labute approximate surface area is 91.4 Å². The van der Waals surface area contributed by atoms with E-state index >= 15 is 0 Å². The van der Waals surface area contributed by atoms with Gasteiger partial charge in [-0.25, -0.2) is 0 Å². The quantitative estimate of drug-likeness (QED) is 0.705. The molecule has 4 heteroatoms. The molecule has 88 valence electrons. The van der Waals surface area contributed by atoms with Gasteiger partial charge in [0.15, 0.2) is 0 Å². The highest BCUT2D eigenvalue weighted by Crippen LogP contribution is 2.30. The van der Waals surface area contributed by atoms with Gasteiger partial charge in [-0.3, -0.25) is 4.79 Å². The first-order valence-corrected chi connectivity index (χ1v) is 5.67. The van der Waals surface area contributed by atoms with E-state index in [-0.39, 0.29) is 24.5 Å². The summed E-state index contributed by atoms with van der Waals surface area (Å²) in [7, 11) is 1.74. The first-order valence-electron chi connectivity index (χ1n) is 5.67. The summed E-state index contributed by atoms with van der Waals surface area (Å²) in [5.74, 6) is 0.593. The molecule has 0 saturated heterocycles. The maximum Gasteiger partial charge on any atom is 0.225 e. The lowest BCUT2D eigenvalue weighted by molar-refractivity contribution is -0.137. The van der Waals surface area contributed by atoms with E-state index in [9.17, 15) is 4.79 Å². The van der Waals surface area contributed by atoms with E-state index < -0.39 is 0 Å². The van der Waals surface area contributed by atoms with Crippen LogP contribution in [0.4, 0.5) is 0 Å². The lowest BCUT2D eigenvalue weighted by Crippen LogP contribution is -2.43. The van der Waals surface area contributed by atoms with E-state index in [1.807, 2.05) is 0 Å². The molecule has 0 bridgehead atoms. The maximum atomic E-state index is 12.0. The van der Waals surface area contributed by atoms with Gasteiger partial charge in [0.05, 0.1) is 6.61 Å². The Morgan fingerprint density at radius 2 is 2.20 bits per heavy atom. The molecule has 3 atom stereocenters. The minimum Gasteiger partial charge on any atom is -0.395 e. The van der Waals surface area contributed by atoms with Crippen LogP contribution in [-0.4, -0.2) is 42.2 Å². The van der Waals surface area contributed by atoms with Crippen molar-refractivity contribution in [2.75, 3.05) is 20.2 Å². The smallest absolute Gasteiger partial charge is 0.225 e. The molecule has 0 spiro atoms. The third-order valence-corrected chi connectivity index (χ3v) is 3.37. The van der Waals surface area contributed by atoms with Crippen LogP contribution in [0.1, 0.15) is 26.2 Å². The van der Waals surface area contributed by atoms with Crippen LogP contribution in [0.3, 0.4) is 0 Å². The van der Waals surface area contributed by atoms with Crippen LogP contribution in [0.15, 0.2) is 0 Å². The van der Waals surface area contributed by atoms with Crippen molar-refractivity contribution < 1.29 is 9.90 Å². The molecular weight excluding hydrogens is 192 g/mol. The molecule has 0 aliphatic heterocycles. The summed E-state index contributed by atoms with van der Waals surface area (Å²) in [4.78, 5) is 13.6. The van der Waals surface area contributed by atoms with Crippen molar-refractivity contribution in [3.05, 3.63) is 0 Å². The zero-order valence-electron chi connectivity index (χ0n) is 9.65. The summed E-state index contributed by atoms with van der Waals surface area (Å²) in [6.45, 7) is 2.55. The molecule has 3 N–H and O–H groups in total. The molecule has 4 nitrogen and oxygen atoms in total. The maximum absolute atomic E-state index is 12.0. The lowest BCUT2D eigenvalue weighted by atomic mass is 9.77. The number of carbonyl (C=O) groups excluding carboxylic acids is 1. The van der Waals surface area contributed by atoms with Crippen LogP contribution in [-0.2, 0) is 4.79 Å². The average molecular weight is 214 g/mol. The van der Waals surface area contributed by atoms with Crippen LogP contribution in [0.25, 0.3) is 0 Å². The van der Waals surface area contributed by atoms with Crippen molar-refractivity contribution in [3.63, 3.8) is 0 Å². The Balaban J connectivity index is 2.56. The molecule has 0 heterocycles. The number of nitrogens with zero attached hydrogens (tertiary/aromatic N) is 1. The average Bonchev–Trinajstić information content (AvgIpc) is 2.21. The molecule has 1 aliphatic carbocycles. The first kappa shape index (κ1) is 12.5.